The number of rotatable bonds is 3. The zero-order valence-corrected chi connectivity index (χ0v) is 13.4. The fraction of sp³-hybridized carbons (Fsp3) is 0.429. The Kier molecular flexibility index (Phi) is 4.24. The van der Waals surface area contributed by atoms with E-state index in [4.69, 9.17) is 11.6 Å². The van der Waals surface area contributed by atoms with Gasteiger partial charge in [0.2, 0.25) is 5.13 Å². The Morgan fingerprint density at radius 2 is 1.96 bits per heavy atom. The molecule has 124 valence electrons. The molecule has 9 heteroatoms. The lowest BCUT2D eigenvalue weighted by atomic mass is 10.0. The van der Waals surface area contributed by atoms with Crippen molar-refractivity contribution in [3.05, 3.63) is 39.9 Å². The van der Waals surface area contributed by atoms with Crippen LogP contribution in [0.1, 0.15) is 17.0 Å². The monoisotopic (exact) mass is 363 g/mol. The van der Waals surface area contributed by atoms with E-state index in [0.29, 0.717) is 21.6 Å². The first-order valence-electron chi connectivity index (χ1n) is 6.88. The second-order valence-corrected chi connectivity index (χ2v) is 6.96. The van der Waals surface area contributed by atoms with Crippen LogP contribution in [-0.2, 0) is 6.42 Å². The molecule has 1 saturated heterocycles. The van der Waals surface area contributed by atoms with Crippen LogP contribution in [0.3, 0.4) is 0 Å². The summed E-state index contributed by atoms with van der Waals surface area (Å²) in [5.74, 6) is 0. The molecule has 0 bridgehead atoms. The number of alkyl halides is 3. The number of hydrogen-bond acceptors (Lipinski definition) is 5. The van der Waals surface area contributed by atoms with Crippen LogP contribution >= 0.6 is 22.9 Å². The Balaban J connectivity index is 1.69. The van der Waals surface area contributed by atoms with E-state index >= 15 is 0 Å². The maximum Gasteiger partial charge on any atom is 0.419 e. The van der Waals surface area contributed by atoms with Gasteiger partial charge in [0, 0.05) is 24.4 Å². The molecule has 2 heterocycles. The van der Waals surface area contributed by atoms with Gasteiger partial charge in [-0.05, 0) is 17.7 Å². The molecule has 1 unspecified atom stereocenters. The van der Waals surface area contributed by atoms with Crippen LogP contribution in [0.25, 0.3) is 0 Å². The van der Waals surface area contributed by atoms with Crippen LogP contribution in [0.5, 0.6) is 0 Å². The summed E-state index contributed by atoms with van der Waals surface area (Å²) in [5, 5.41) is 19.4. The normalized spacial score (nSPS) is 21.9. The van der Waals surface area contributed by atoms with Gasteiger partial charge in [-0.3, -0.25) is 0 Å². The minimum Gasteiger partial charge on any atom is -0.379 e. The first-order chi connectivity index (χ1) is 10.8. The molecule has 1 N–H and O–H groups in total. The highest BCUT2D eigenvalue weighted by atomic mass is 35.5. The third-order valence-electron chi connectivity index (χ3n) is 3.77. The zero-order chi connectivity index (χ0) is 16.7. The summed E-state index contributed by atoms with van der Waals surface area (Å²) in [5.41, 5.74) is -1.68. The lowest BCUT2D eigenvalue weighted by molar-refractivity contribution is -0.250. The number of aliphatic hydroxyl groups is 1. The summed E-state index contributed by atoms with van der Waals surface area (Å²) < 4.78 is 38.5. The van der Waals surface area contributed by atoms with Crippen molar-refractivity contribution in [3.63, 3.8) is 0 Å². The summed E-state index contributed by atoms with van der Waals surface area (Å²) >= 11 is 7.05. The van der Waals surface area contributed by atoms with Crippen LogP contribution in [-0.4, -0.2) is 40.2 Å². The Labute approximate surface area is 139 Å². The van der Waals surface area contributed by atoms with E-state index in [0.717, 1.165) is 5.56 Å². The molecule has 4 nitrogen and oxygen atoms in total. The summed E-state index contributed by atoms with van der Waals surface area (Å²) in [6, 6.07) is 7.26. The van der Waals surface area contributed by atoms with Crippen molar-refractivity contribution in [2.75, 3.05) is 18.0 Å². The minimum absolute atomic E-state index is 0.103. The van der Waals surface area contributed by atoms with Crippen molar-refractivity contribution in [1.29, 1.82) is 0 Å². The average Bonchev–Trinajstić information content (AvgIpc) is 3.08. The van der Waals surface area contributed by atoms with E-state index in [-0.39, 0.29) is 13.0 Å². The van der Waals surface area contributed by atoms with E-state index in [9.17, 15) is 18.3 Å². The van der Waals surface area contributed by atoms with Crippen LogP contribution in [0.4, 0.5) is 18.3 Å². The van der Waals surface area contributed by atoms with Crippen molar-refractivity contribution < 1.29 is 18.3 Å². The quantitative estimate of drug-likeness (QED) is 0.909. The van der Waals surface area contributed by atoms with Gasteiger partial charge in [0.25, 0.3) is 0 Å². The molecule has 1 atom stereocenters. The molecule has 1 aliphatic heterocycles. The van der Waals surface area contributed by atoms with Crippen molar-refractivity contribution in [2.45, 2.75) is 24.6 Å². The number of nitrogens with zero attached hydrogens (tertiary/aromatic N) is 3. The van der Waals surface area contributed by atoms with Gasteiger partial charge < -0.3 is 10.0 Å². The van der Waals surface area contributed by atoms with Gasteiger partial charge >= 0.3 is 6.18 Å². The number of anilines is 1. The molecule has 2 aromatic rings. The molecule has 1 aromatic carbocycles. The predicted octanol–water partition coefficient (Wildman–Crippen LogP) is 3.29. The number of β-amino-alcohol motifs (C(OH)–C–C–N with tert-alkyl or cyclic N) is 1. The Morgan fingerprint density at radius 3 is 2.57 bits per heavy atom. The van der Waals surface area contributed by atoms with E-state index < -0.39 is 18.3 Å². The van der Waals surface area contributed by atoms with Gasteiger partial charge in [-0.25, -0.2) is 0 Å². The third kappa shape index (κ3) is 3.44. The molecule has 0 saturated carbocycles. The van der Waals surface area contributed by atoms with Crippen molar-refractivity contribution >= 4 is 28.1 Å². The molecule has 0 amide bonds. The minimum atomic E-state index is -4.64. The molecule has 0 aliphatic carbocycles. The Bertz CT molecular complexity index is 691. The van der Waals surface area contributed by atoms with Gasteiger partial charge in [-0.15, -0.1) is 10.2 Å². The molecule has 1 aliphatic rings. The highest BCUT2D eigenvalue weighted by Crippen LogP contribution is 2.39. The van der Waals surface area contributed by atoms with Gasteiger partial charge in [0.05, 0.1) is 6.54 Å². The summed E-state index contributed by atoms with van der Waals surface area (Å²) in [6.45, 7) is -0.405. The number of hydrogen-bond donors (Lipinski definition) is 1. The molecule has 0 radical (unpaired) electrons. The smallest absolute Gasteiger partial charge is 0.379 e. The van der Waals surface area contributed by atoms with E-state index in [1.165, 1.54) is 16.2 Å². The van der Waals surface area contributed by atoms with Crippen LogP contribution < -0.4 is 4.90 Å². The number of benzene rings is 1. The van der Waals surface area contributed by atoms with Gasteiger partial charge in [0.1, 0.15) is 5.01 Å². The fourth-order valence-electron chi connectivity index (χ4n) is 2.41. The molecule has 1 aromatic heterocycles. The SMILES string of the molecule is OC1(C(F)(F)F)CCN(c2nnc(Cc3ccc(Cl)cc3)s2)C1. The van der Waals surface area contributed by atoms with E-state index in [2.05, 4.69) is 10.2 Å². The molecular formula is C14H13ClF3N3OS. The van der Waals surface area contributed by atoms with Crippen molar-refractivity contribution in [2.24, 2.45) is 0 Å². The van der Waals surface area contributed by atoms with E-state index in [1.54, 1.807) is 12.1 Å². The highest BCUT2D eigenvalue weighted by Gasteiger charge is 2.57. The van der Waals surface area contributed by atoms with E-state index in [1.807, 2.05) is 12.1 Å². The molecule has 1 fully saturated rings. The van der Waals surface area contributed by atoms with Gasteiger partial charge in [0.15, 0.2) is 5.60 Å². The summed E-state index contributed by atoms with van der Waals surface area (Å²) in [4.78, 5) is 1.43. The third-order valence-corrected chi connectivity index (χ3v) is 5.01. The average molecular weight is 364 g/mol. The molecule has 3 rings (SSSR count). The van der Waals surface area contributed by atoms with Crippen LogP contribution in [0.2, 0.25) is 5.02 Å². The second kappa shape index (κ2) is 5.92. The summed E-state index contributed by atoms with van der Waals surface area (Å²) in [6.07, 6.45) is -4.46. The van der Waals surface area contributed by atoms with Gasteiger partial charge in [-0.1, -0.05) is 35.1 Å². The van der Waals surface area contributed by atoms with Crippen molar-refractivity contribution in [1.82, 2.24) is 10.2 Å². The number of aromatic nitrogens is 2. The largest absolute Gasteiger partial charge is 0.419 e. The second-order valence-electron chi connectivity index (χ2n) is 5.48. The van der Waals surface area contributed by atoms with Gasteiger partial charge in [-0.2, -0.15) is 13.2 Å². The van der Waals surface area contributed by atoms with Crippen molar-refractivity contribution in [3.8, 4) is 0 Å². The fourth-order valence-corrected chi connectivity index (χ4v) is 3.43. The van der Waals surface area contributed by atoms with Crippen LogP contribution in [0.15, 0.2) is 24.3 Å². The molecule has 0 spiro atoms. The predicted molar refractivity (Wildman–Crippen MR) is 82.0 cm³/mol. The summed E-state index contributed by atoms with van der Waals surface area (Å²) in [7, 11) is 0. The highest BCUT2D eigenvalue weighted by molar-refractivity contribution is 7.15. The van der Waals surface area contributed by atoms with Crippen LogP contribution in [0, 0.1) is 0 Å². The standard InChI is InChI=1S/C14H13ClF3N3OS/c15-10-3-1-9(2-4-10)7-11-19-20-12(23-11)21-6-5-13(22,8-21)14(16,17)18/h1-4,22H,5-8H2. The zero-order valence-electron chi connectivity index (χ0n) is 11.8. The Hall–Kier alpha value is -1.38. The Morgan fingerprint density at radius 1 is 1.26 bits per heavy atom. The maximum atomic E-state index is 12.8. The topological polar surface area (TPSA) is 49.2 Å². The number of halogens is 4. The lowest BCUT2D eigenvalue weighted by Crippen LogP contribution is -2.47. The first kappa shape index (κ1) is 16.5. The molecule has 23 heavy (non-hydrogen) atoms. The maximum absolute atomic E-state index is 12.8. The first-order valence-corrected chi connectivity index (χ1v) is 8.07. The lowest BCUT2D eigenvalue weighted by Gasteiger charge is -2.25. The molecular weight excluding hydrogens is 351 g/mol.